The molecule has 1 atom stereocenters. The molecule has 202 valence electrons. The summed E-state index contributed by atoms with van der Waals surface area (Å²) in [5.41, 5.74) is 3.06. The fourth-order valence-electron chi connectivity index (χ4n) is 5.29. The zero-order valence-electron chi connectivity index (χ0n) is 21.4. The van der Waals surface area contributed by atoms with Crippen LogP contribution in [0.4, 0.5) is 5.69 Å². The summed E-state index contributed by atoms with van der Waals surface area (Å²) in [6.45, 7) is 5.05. The molecule has 0 spiro atoms. The SMILES string of the molecule is CCS(=O)(=O)N1c2cccc(OC3CCN(C(C)=N)CC3)c2CC1c1ccc2ccc(C#N)cc2c1.Cl.Cl. The van der Waals surface area contributed by atoms with Gasteiger partial charge >= 0.3 is 0 Å². The third-order valence-corrected chi connectivity index (χ3v) is 9.06. The maximum atomic E-state index is 13.3. The second kappa shape index (κ2) is 11.8. The molecule has 38 heavy (non-hydrogen) atoms. The van der Waals surface area contributed by atoms with Crippen LogP contribution < -0.4 is 9.04 Å². The lowest BCUT2D eigenvalue weighted by molar-refractivity contribution is 0.129. The number of halogens is 2. The maximum absolute atomic E-state index is 13.3. The molecule has 2 aliphatic rings. The van der Waals surface area contributed by atoms with Gasteiger partial charge in [0.15, 0.2) is 0 Å². The smallest absolute Gasteiger partial charge is 0.235 e. The van der Waals surface area contributed by atoms with Gasteiger partial charge in [0.1, 0.15) is 11.9 Å². The summed E-state index contributed by atoms with van der Waals surface area (Å²) in [4.78, 5) is 2.05. The van der Waals surface area contributed by atoms with Crippen molar-refractivity contribution in [1.29, 1.82) is 10.7 Å². The fourth-order valence-corrected chi connectivity index (χ4v) is 6.62. The number of nitriles is 1. The molecule has 2 aliphatic heterocycles. The Morgan fingerprint density at radius 2 is 1.79 bits per heavy atom. The standard InChI is InChI=1S/C28H30N4O3S.2ClH/c1-3-36(33,34)32-26-5-4-6-28(35-24-11-13-31(14-12-24)19(2)30)25(26)17-27(32)22-10-9-21-8-7-20(18-29)15-23(21)16-22;;/h4-10,15-16,24,27,30H,3,11-14,17H2,1-2H3;2*1H. The van der Waals surface area contributed by atoms with Crippen molar-refractivity contribution in [3.63, 3.8) is 0 Å². The Balaban J connectivity index is 0.00000200. The summed E-state index contributed by atoms with van der Waals surface area (Å²) in [7, 11) is -3.55. The van der Waals surface area contributed by atoms with Crippen molar-refractivity contribution < 1.29 is 13.2 Å². The van der Waals surface area contributed by atoms with Gasteiger partial charge in [0, 0.05) is 37.9 Å². The first-order chi connectivity index (χ1) is 17.3. The molecule has 0 aliphatic carbocycles. The molecule has 1 fully saturated rings. The minimum Gasteiger partial charge on any atom is -0.490 e. The van der Waals surface area contributed by atoms with Crippen LogP contribution in [0, 0.1) is 16.7 Å². The van der Waals surface area contributed by atoms with E-state index in [1.54, 1.807) is 17.3 Å². The van der Waals surface area contributed by atoms with Crippen LogP contribution in [0.25, 0.3) is 10.8 Å². The minimum atomic E-state index is -3.55. The Morgan fingerprint density at radius 3 is 2.45 bits per heavy atom. The Bertz CT molecular complexity index is 1480. The number of anilines is 1. The molecule has 10 heteroatoms. The Kier molecular flexibility index (Phi) is 9.19. The van der Waals surface area contributed by atoms with Crippen LogP contribution in [0.3, 0.4) is 0 Å². The molecule has 5 rings (SSSR count). The molecule has 3 aromatic rings. The van der Waals surface area contributed by atoms with E-state index in [4.69, 9.17) is 10.1 Å². The van der Waals surface area contributed by atoms with Gasteiger partial charge in [-0.1, -0.05) is 24.3 Å². The van der Waals surface area contributed by atoms with Gasteiger partial charge < -0.3 is 9.64 Å². The molecule has 0 amide bonds. The molecule has 0 radical (unpaired) electrons. The second-order valence-electron chi connectivity index (χ2n) is 9.49. The van der Waals surface area contributed by atoms with Gasteiger partial charge in [-0.2, -0.15) is 5.26 Å². The first-order valence-electron chi connectivity index (χ1n) is 12.4. The van der Waals surface area contributed by atoms with Crippen LogP contribution in [-0.2, 0) is 16.4 Å². The van der Waals surface area contributed by atoms with E-state index in [2.05, 4.69) is 11.0 Å². The largest absolute Gasteiger partial charge is 0.490 e. The van der Waals surface area contributed by atoms with Crippen molar-refractivity contribution in [3.05, 3.63) is 71.3 Å². The molecule has 1 N–H and O–H groups in total. The number of hydrogen-bond donors (Lipinski definition) is 1. The monoisotopic (exact) mass is 574 g/mol. The van der Waals surface area contributed by atoms with E-state index in [0.29, 0.717) is 23.5 Å². The van der Waals surface area contributed by atoms with Gasteiger partial charge in [0.2, 0.25) is 10.0 Å². The summed E-state index contributed by atoms with van der Waals surface area (Å²) in [6.07, 6.45) is 2.21. The minimum absolute atomic E-state index is 0. The molecular formula is C28H32Cl2N4O3S. The molecule has 0 aromatic heterocycles. The average Bonchev–Trinajstić information content (AvgIpc) is 3.30. The summed E-state index contributed by atoms with van der Waals surface area (Å²) in [5.74, 6) is 1.32. The Morgan fingerprint density at radius 1 is 1.08 bits per heavy atom. The van der Waals surface area contributed by atoms with Crippen molar-refractivity contribution in [2.45, 2.75) is 45.3 Å². The average molecular weight is 576 g/mol. The second-order valence-corrected chi connectivity index (χ2v) is 11.6. The summed E-state index contributed by atoms with van der Waals surface area (Å²) >= 11 is 0. The lowest BCUT2D eigenvalue weighted by Crippen LogP contribution is -2.40. The number of amidine groups is 1. The number of rotatable bonds is 5. The molecule has 7 nitrogen and oxygen atoms in total. The third-order valence-electron chi connectivity index (χ3n) is 7.28. The number of hydrogen-bond acceptors (Lipinski definition) is 5. The van der Waals surface area contributed by atoms with Crippen LogP contribution >= 0.6 is 24.8 Å². The van der Waals surface area contributed by atoms with Crippen molar-refractivity contribution in [2.24, 2.45) is 0 Å². The van der Waals surface area contributed by atoms with E-state index in [0.717, 1.165) is 53.6 Å². The van der Waals surface area contributed by atoms with Crippen molar-refractivity contribution in [1.82, 2.24) is 4.90 Å². The molecule has 1 unspecified atom stereocenters. The van der Waals surface area contributed by atoms with Crippen molar-refractivity contribution in [2.75, 3.05) is 23.1 Å². The zero-order valence-corrected chi connectivity index (χ0v) is 23.8. The number of nitrogens with zero attached hydrogens (tertiary/aromatic N) is 3. The van der Waals surface area contributed by atoms with Crippen molar-refractivity contribution >= 4 is 57.1 Å². The van der Waals surface area contributed by atoms with E-state index in [-0.39, 0.29) is 42.7 Å². The van der Waals surface area contributed by atoms with Gasteiger partial charge in [-0.15, -0.1) is 24.8 Å². The van der Waals surface area contributed by atoms with E-state index in [9.17, 15) is 13.7 Å². The van der Waals surface area contributed by atoms with Gasteiger partial charge in [0.25, 0.3) is 0 Å². The third kappa shape index (κ3) is 5.56. The van der Waals surface area contributed by atoms with E-state index >= 15 is 0 Å². The lowest BCUT2D eigenvalue weighted by atomic mass is 9.98. The first kappa shape index (κ1) is 29.6. The Labute approximate surface area is 236 Å². The number of fused-ring (bicyclic) bond motifs is 2. The van der Waals surface area contributed by atoms with E-state index in [1.165, 1.54) is 0 Å². The van der Waals surface area contributed by atoms with Gasteiger partial charge in [0.05, 0.1) is 35.0 Å². The van der Waals surface area contributed by atoms with Crippen LogP contribution in [0.2, 0.25) is 0 Å². The molecular weight excluding hydrogens is 543 g/mol. The predicted octanol–water partition coefficient (Wildman–Crippen LogP) is 5.85. The number of ether oxygens (including phenoxy) is 1. The first-order valence-corrected chi connectivity index (χ1v) is 14.0. The number of benzene rings is 3. The highest BCUT2D eigenvalue weighted by Crippen LogP contribution is 2.47. The number of nitrogens with one attached hydrogen (secondary N) is 1. The molecule has 1 saturated heterocycles. The number of likely N-dealkylation sites (tertiary alicyclic amines) is 1. The van der Waals surface area contributed by atoms with Crippen molar-refractivity contribution in [3.8, 4) is 11.8 Å². The van der Waals surface area contributed by atoms with E-state index in [1.807, 2.05) is 55.5 Å². The van der Waals surface area contributed by atoms with Crippen LogP contribution in [0.1, 0.15) is 49.4 Å². The maximum Gasteiger partial charge on any atom is 0.235 e. The molecule has 0 saturated carbocycles. The van der Waals surface area contributed by atoms with Crippen LogP contribution in [0.5, 0.6) is 5.75 Å². The molecule has 0 bridgehead atoms. The number of sulfonamides is 1. The van der Waals surface area contributed by atoms with Crippen LogP contribution in [0.15, 0.2) is 54.6 Å². The van der Waals surface area contributed by atoms with Gasteiger partial charge in [-0.25, -0.2) is 8.42 Å². The number of piperidine rings is 1. The predicted molar refractivity (Wildman–Crippen MR) is 157 cm³/mol. The van der Waals surface area contributed by atoms with E-state index < -0.39 is 10.0 Å². The normalized spacial score (nSPS) is 17.2. The highest BCUT2D eigenvalue weighted by Gasteiger charge is 2.39. The lowest BCUT2D eigenvalue weighted by Gasteiger charge is -2.33. The zero-order chi connectivity index (χ0) is 25.4. The summed E-state index contributed by atoms with van der Waals surface area (Å²) in [5, 5.41) is 19.1. The molecule has 2 heterocycles. The summed E-state index contributed by atoms with van der Waals surface area (Å²) < 4.78 is 34.7. The highest BCUT2D eigenvalue weighted by atomic mass is 35.5. The molecule has 3 aromatic carbocycles. The van der Waals surface area contributed by atoms with Gasteiger partial charge in [-0.05, 0) is 60.5 Å². The summed E-state index contributed by atoms with van der Waals surface area (Å²) in [6, 6.07) is 19.0. The highest BCUT2D eigenvalue weighted by molar-refractivity contribution is 7.92. The quantitative estimate of drug-likeness (QED) is 0.304. The fraction of sp³-hybridized carbons (Fsp3) is 0.357. The van der Waals surface area contributed by atoms with Gasteiger partial charge in [-0.3, -0.25) is 9.71 Å². The Hall–Kier alpha value is -2.99. The van der Waals surface area contributed by atoms with Crippen LogP contribution in [-0.4, -0.2) is 44.1 Å². The topological polar surface area (TPSA) is 97.5 Å².